The number of halogens is 1. The van der Waals surface area contributed by atoms with Crippen LogP contribution >= 0.6 is 11.6 Å². The monoisotopic (exact) mass is 344 g/mol. The topological polar surface area (TPSA) is 56.7 Å². The van der Waals surface area contributed by atoms with E-state index in [-0.39, 0.29) is 12.5 Å². The van der Waals surface area contributed by atoms with Crippen LogP contribution in [0.1, 0.15) is 11.1 Å². The molecule has 0 saturated carbocycles. The Morgan fingerprint density at radius 2 is 1.92 bits per heavy atom. The fourth-order valence-electron chi connectivity index (χ4n) is 2.05. The Balaban J connectivity index is 1.83. The number of hydrazone groups is 1. The SMILES string of the molecule is Cc1c(Cl)cccc1NCC(=O)N/N=C/c1ccc(N(C)C)cc1. The van der Waals surface area contributed by atoms with E-state index in [9.17, 15) is 4.79 Å². The summed E-state index contributed by atoms with van der Waals surface area (Å²) in [6.45, 7) is 2.02. The van der Waals surface area contributed by atoms with Gasteiger partial charge in [0.05, 0.1) is 12.8 Å². The third-order valence-corrected chi connectivity index (χ3v) is 3.93. The average molecular weight is 345 g/mol. The molecule has 0 fully saturated rings. The van der Waals surface area contributed by atoms with Gasteiger partial charge in [0.1, 0.15) is 0 Å². The number of rotatable bonds is 6. The molecule has 0 atom stereocenters. The summed E-state index contributed by atoms with van der Waals surface area (Å²) < 4.78 is 0. The molecular weight excluding hydrogens is 324 g/mol. The molecule has 1 amide bonds. The van der Waals surface area contributed by atoms with Crippen molar-refractivity contribution in [2.24, 2.45) is 5.10 Å². The molecule has 0 aromatic heterocycles. The van der Waals surface area contributed by atoms with E-state index in [1.807, 2.05) is 68.4 Å². The predicted molar refractivity (Wildman–Crippen MR) is 101 cm³/mol. The summed E-state index contributed by atoms with van der Waals surface area (Å²) in [4.78, 5) is 13.8. The summed E-state index contributed by atoms with van der Waals surface area (Å²) in [5.74, 6) is -0.226. The quantitative estimate of drug-likeness (QED) is 0.624. The van der Waals surface area contributed by atoms with Crippen molar-refractivity contribution in [2.75, 3.05) is 30.9 Å². The Morgan fingerprint density at radius 1 is 1.21 bits per heavy atom. The van der Waals surface area contributed by atoms with E-state index < -0.39 is 0 Å². The number of benzene rings is 2. The molecule has 6 heteroatoms. The van der Waals surface area contributed by atoms with Crippen molar-refractivity contribution in [3.05, 3.63) is 58.6 Å². The molecule has 126 valence electrons. The van der Waals surface area contributed by atoms with Crippen LogP contribution in [-0.2, 0) is 4.79 Å². The van der Waals surface area contributed by atoms with Gasteiger partial charge in [-0.05, 0) is 42.3 Å². The van der Waals surface area contributed by atoms with Crippen molar-refractivity contribution in [3.8, 4) is 0 Å². The van der Waals surface area contributed by atoms with Crippen molar-refractivity contribution in [3.63, 3.8) is 0 Å². The smallest absolute Gasteiger partial charge is 0.259 e. The lowest BCUT2D eigenvalue weighted by molar-refractivity contribution is -0.119. The van der Waals surface area contributed by atoms with Crippen LogP contribution in [0.15, 0.2) is 47.6 Å². The van der Waals surface area contributed by atoms with E-state index in [1.165, 1.54) is 0 Å². The van der Waals surface area contributed by atoms with Gasteiger partial charge < -0.3 is 10.2 Å². The van der Waals surface area contributed by atoms with Gasteiger partial charge in [-0.2, -0.15) is 5.10 Å². The van der Waals surface area contributed by atoms with Crippen LogP contribution in [0.5, 0.6) is 0 Å². The van der Waals surface area contributed by atoms with Gasteiger partial charge in [-0.15, -0.1) is 0 Å². The zero-order valence-corrected chi connectivity index (χ0v) is 14.8. The number of hydrogen-bond donors (Lipinski definition) is 2. The molecule has 0 aliphatic rings. The molecule has 2 aromatic rings. The lowest BCUT2D eigenvalue weighted by Gasteiger charge is -2.11. The third kappa shape index (κ3) is 4.99. The Kier molecular flexibility index (Phi) is 6.21. The Bertz CT molecular complexity index is 726. The van der Waals surface area contributed by atoms with Crippen molar-refractivity contribution in [1.82, 2.24) is 5.43 Å². The highest BCUT2D eigenvalue weighted by Crippen LogP contribution is 2.22. The van der Waals surface area contributed by atoms with Crippen molar-refractivity contribution in [1.29, 1.82) is 0 Å². The molecule has 0 aliphatic heterocycles. The molecule has 24 heavy (non-hydrogen) atoms. The second-order valence-electron chi connectivity index (χ2n) is 5.55. The van der Waals surface area contributed by atoms with Gasteiger partial charge in [0.25, 0.3) is 5.91 Å². The van der Waals surface area contributed by atoms with Crippen LogP contribution in [0.3, 0.4) is 0 Å². The fraction of sp³-hybridized carbons (Fsp3) is 0.222. The first-order valence-corrected chi connectivity index (χ1v) is 7.93. The molecule has 0 saturated heterocycles. The lowest BCUT2D eigenvalue weighted by atomic mass is 10.2. The van der Waals surface area contributed by atoms with Crippen LogP contribution in [0.2, 0.25) is 5.02 Å². The van der Waals surface area contributed by atoms with E-state index in [1.54, 1.807) is 6.21 Å². The lowest BCUT2D eigenvalue weighted by Crippen LogP contribution is -2.26. The minimum absolute atomic E-state index is 0.123. The zero-order chi connectivity index (χ0) is 17.5. The van der Waals surface area contributed by atoms with E-state index >= 15 is 0 Å². The van der Waals surface area contributed by atoms with E-state index in [4.69, 9.17) is 11.6 Å². The number of carbonyl (C=O) groups is 1. The number of nitrogens with zero attached hydrogens (tertiary/aromatic N) is 2. The number of amides is 1. The van der Waals surface area contributed by atoms with Crippen molar-refractivity contribution in [2.45, 2.75) is 6.92 Å². The Hall–Kier alpha value is -2.53. The summed E-state index contributed by atoms with van der Waals surface area (Å²) in [5, 5.41) is 7.68. The maximum absolute atomic E-state index is 11.8. The molecule has 2 aromatic carbocycles. The third-order valence-electron chi connectivity index (χ3n) is 3.52. The van der Waals surface area contributed by atoms with Gasteiger partial charge >= 0.3 is 0 Å². The molecule has 5 nitrogen and oxygen atoms in total. The summed E-state index contributed by atoms with van der Waals surface area (Å²) in [5.41, 5.74) is 6.27. The van der Waals surface area contributed by atoms with Gasteiger partial charge in [-0.25, -0.2) is 5.43 Å². The number of nitrogens with one attached hydrogen (secondary N) is 2. The fourth-order valence-corrected chi connectivity index (χ4v) is 2.23. The zero-order valence-electron chi connectivity index (χ0n) is 14.0. The number of carbonyl (C=O) groups excluding carboxylic acids is 1. The predicted octanol–water partition coefficient (Wildman–Crippen LogP) is 3.28. The van der Waals surface area contributed by atoms with Gasteiger partial charge in [0.15, 0.2) is 0 Å². The van der Waals surface area contributed by atoms with Crippen LogP contribution in [-0.4, -0.2) is 32.8 Å². The van der Waals surface area contributed by atoms with Crippen molar-refractivity contribution < 1.29 is 4.79 Å². The molecular formula is C18H21ClN4O. The minimum Gasteiger partial charge on any atom is -0.378 e. The normalized spacial score (nSPS) is 10.7. The van der Waals surface area contributed by atoms with E-state index in [2.05, 4.69) is 15.8 Å². The summed E-state index contributed by atoms with van der Waals surface area (Å²) in [7, 11) is 3.97. The first-order valence-electron chi connectivity index (χ1n) is 7.55. The van der Waals surface area contributed by atoms with E-state index in [0.717, 1.165) is 22.5 Å². The summed E-state index contributed by atoms with van der Waals surface area (Å²) in [6, 6.07) is 13.4. The number of hydrogen-bond acceptors (Lipinski definition) is 4. The first kappa shape index (κ1) is 17.8. The van der Waals surface area contributed by atoms with E-state index in [0.29, 0.717) is 5.02 Å². The molecule has 0 heterocycles. The second kappa shape index (κ2) is 8.36. The van der Waals surface area contributed by atoms with Crippen LogP contribution in [0.4, 0.5) is 11.4 Å². The standard InChI is InChI=1S/C18H21ClN4O/c1-13-16(19)5-4-6-17(13)20-12-18(24)22-21-11-14-7-9-15(10-8-14)23(2)3/h4-11,20H,12H2,1-3H3,(H,22,24)/b21-11+. The Morgan fingerprint density at radius 3 is 2.58 bits per heavy atom. The number of anilines is 2. The second-order valence-corrected chi connectivity index (χ2v) is 5.95. The Labute approximate surface area is 147 Å². The summed E-state index contributed by atoms with van der Waals surface area (Å²) in [6.07, 6.45) is 1.61. The summed E-state index contributed by atoms with van der Waals surface area (Å²) >= 11 is 6.04. The molecule has 0 radical (unpaired) electrons. The molecule has 0 spiro atoms. The van der Waals surface area contributed by atoms with Crippen LogP contribution in [0.25, 0.3) is 0 Å². The average Bonchev–Trinajstić information content (AvgIpc) is 2.56. The molecule has 2 N–H and O–H groups in total. The van der Waals surface area contributed by atoms with Gasteiger partial charge in [0, 0.05) is 30.5 Å². The van der Waals surface area contributed by atoms with Gasteiger partial charge in [0.2, 0.25) is 0 Å². The van der Waals surface area contributed by atoms with Gasteiger partial charge in [-0.3, -0.25) is 4.79 Å². The van der Waals surface area contributed by atoms with Crippen LogP contribution < -0.4 is 15.6 Å². The van der Waals surface area contributed by atoms with Crippen molar-refractivity contribution >= 4 is 35.1 Å². The molecule has 2 rings (SSSR count). The largest absolute Gasteiger partial charge is 0.378 e. The minimum atomic E-state index is -0.226. The van der Waals surface area contributed by atoms with Crippen LogP contribution in [0, 0.1) is 6.92 Å². The molecule has 0 aliphatic carbocycles. The maximum Gasteiger partial charge on any atom is 0.259 e. The molecule has 0 bridgehead atoms. The first-order chi connectivity index (χ1) is 11.5. The highest BCUT2D eigenvalue weighted by Gasteiger charge is 2.04. The van der Waals surface area contributed by atoms with Gasteiger partial charge in [-0.1, -0.05) is 29.8 Å². The molecule has 0 unspecified atom stereocenters. The maximum atomic E-state index is 11.8. The highest BCUT2D eigenvalue weighted by atomic mass is 35.5. The highest BCUT2D eigenvalue weighted by molar-refractivity contribution is 6.31.